The summed E-state index contributed by atoms with van der Waals surface area (Å²) in [5, 5.41) is 0. The second-order valence-electron chi connectivity index (χ2n) is 5.61. The van der Waals surface area contributed by atoms with E-state index in [4.69, 9.17) is 10.7 Å². The van der Waals surface area contributed by atoms with Crippen molar-refractivity contribution in [2.75, 3.05) is 32.7 Å². The van der Waals surface area contributed by atoms with Crippen LogP contribution in [0.25, 0.3) is 0 Å². The van der Waals surface area contributed by atoms with Crippen LogP contribution in [0.4, 0.5) is 0 Å². The lowest BCUT2D eigenvalue weighted by atomic mass is 9.96. The molecule has 1 saturated carbocycles. The third-order valence-corrected chi connectivity index (χ3v) is 4.13. The number of piperazine rings is 1. The monoisotopic (exact) mass is 252 g/mol. The van der Waals surface area contributed by atoms with E-state index in [9.17, 15) is 0 Å². The Bertz CT molecular complexity index is 263. The van der Waals surface area contributed by atoms with Crippen LogP contribution >= 0.6 is 0 Å². The maximum absolute atomic E-state index is 6.16. The van der Waals surface area contributed by atoms with Crippen LogP contribution in [-0.4, -0.2) is 54.5 Å². The molecule has 0 atom stereocenters. The zero-order chi connectivity index (χ0) is 12.8. The first-order valence-corrected chi connectivity index (χ1v) is 7.60. The second-order valence-corrected chi connectivity index (χ2v) is 5.61. The van der Waals surface area contributed by atoms with Gasteiger partial charge in [-0.3, -0.25) is 4.90 Å². The first-order chi connectivity index (χ1) is 8.79. The van der Waals surface area contributed by atoms with Gasteiger partial charge in [-0.15, -0.1) is 0 Å². The lowest BCUT2D eigenvalue weighted by Gasteiger charge is -2.35. The average molecular weight is 252 g/mol. The van der Waals surface area contributed by atoms with Gasteiger partial charge in [-0.2, -0.15) is 0 Å². The highest BCUT2D eigenvalue weighted by Crippen LogP contribution is 2.20. The lowest BCUT2D eigenvalue weighted by Crippen LogP contribution is -2.51. The zero-order valence-electron chi connectivity index (χ0n) is 11.8. The molecule has 1 aliphatic carbocycles. The molecule has 0 aromatic heterocycles. The van der Waals surface area contributed by atoms with E-state index in [0.717, 1.165) is 32.1 Å². The number of guanidine groups is 1. The van der Waals surface area contributed by atoms with Gasteiger partial charge in [-0.1, -0.05) is 26.2 Å². The molecular formula is C14H28N4. The Hall–Kier alpha value is -0.770. The Labute approximate surface area is 111 Å². The molecule has 0 amide bonds. The first kappa shape index (κ1) is 13.7. The van der Waals surface area contributed by atoms with Gasteiger partial charge in [0.1, 0.15) is 0 Å². The van der Waals surface area contributed by atoms with Crippen molar-refractivity contribution in [3.05, 3.63) is 0 Å². The lowest BCUT2D eigenvalue weighted by molar-refractivity contribution is 0.181. The molecular weight excluding hydrogens is 224 g/mol. The van der Waals surface area contributed by atoms with Crippen LogP contribution in [0, 0.1) is 0 Å². The summed E-state index contributed by atoms with van der Waals surface area (Å²) in [6.07, 6.45) is 7.73. The van der Waals surface area contributed by atoms with Crippen LogP contribution in [0.1, 0.15) is 45.4 Å². The largest absolute Gasteiger partial charge is 0.370 e. The highest BCUT2D eigenvalue weighted by atomic mass is 15.3. The van der Waals surface area contributed by atoms with E-state index in [1.54, 1.807) is 0 Å². The molecule has 0 radical (unpaired) electrons. The normalized spacial score (nSPS) is 24.5. The van der Waals surface area contributed by atoms with Crippen molar-refractivity contribution in [1.82, 2.24) is 9.80 Å². The van der Waals surface area contributed by atoms with Gasteiger partial charge in [-0.25, -0.2) is 4.99 Å². The number of aliphatic imine (C=N–C) groups is 1. The quantitative estimate of drug-likeness (QED) is 0.614. The van der Waals surface area contributed by atoms with Crippen LogP contribution < -0.4 is 5.73 Å². The van der Waals surface area contributed by atoms with E-state index < -0.39 is 0 Å². The van der Waals surface area contributed by atoms with E-state index in [1.807, 2.05) is 0 Å². The number of nitrogens with zero attached hydrogens (tertiary/aromatic N) is 3. The molecule has 2 aliphatic rings. The fourth-order valence-corrected chi connectivity index (χ4v) is 3.00. The van der Waals surface area contributed by atoms with E-state index >= 15 is 0 Å². The van der Waals surface area contributed by atoms with Gasteiger partial charge in [0.05, 0.1) is 6.04 Å². The van der Waals surface area contributed by atoms with Crippen LogP contribution in [0.15, 0.2) is 4.99 Å². The summed E-state index contributed by atoms with van der Waals surface area (Å²) in [5.74, 6) is 0.790. The van der Waals surface area contributed by atoms with Gasteiger partial charge in [0, 0.05) is 26.2 Å². The third-order valence-electron chi connectivity index (χ3n) is 4.13. The van der Waals surface area contributed by atoms with Crippen molar-refractivity contribution >= 4 is 5.96 Å². The molecule has 0 unspecified atom stereocenters. The van der Waals surface area contributed by atoms with Gasteiger partial charge in [0.2, 0.25) is 0 Å². The topological polar surface area (TPSA) is 44.9 Å². The van der Waals surface area contributed by atoms with Gasteiger partial charge in [0.15, 0.2) is 5.96 Å². The fraction of sp³-hybridized carbons (Fsp3) is 0.929. The molecule has 4 nitrogen and oxygen atoms in total. The number of nitrogens with two attached hydrogens (primary N) is 1. The molecule has 0 bridgehead atoms. The van der Waals surface area contributed by atoms with Crippen LogP contribution in [0.5, 0.6) is 0 Å². The van der Waals surface area contributed by atoms with E-state index in [1.165, 1.54) is 45.1 Å². The molecule has 0 aromatic carbocycles. The second kappa shape index (κ2) is 6.98. The first-order valence-electron chi connectivity index (χ1n) is 7.60. The minimum atomic E-state index is 0.493. The van der Waals surface area contributed by atoms with Gasteiger partial charge < -0.3 is 10.6 Å². The molecule has 0 aromatic rings. The maximum atomic E-state index is 6.16. The number of hydrogen-bond donors (Lipinski definition) is 1. The van der Waals surface area contributed by atoms with Crippen LogP contribution in [0.3, 0.4) is 0 Å². The van der Waals surface area contributed by atoms with Crippen molar-refractivity contribution in [1.29, 1.82) is 0 Å². The predicted molar refractivity (Wildman–Crippen MR) is 76.8 cm³/mol. The Morgan fingerprint density at radius 3 is 2.39 bits per heavy atom. The minimum Gasteiger partial charge on any atom is -0.370 e. The molecule has 2 fully saturated rings. The Kier molecular flexibility index (Phi) is 5.29. The molecule has 1 heterocycles. The van der Waals surface area contributed by atoms with Crippen molar-refractivity contribution in [3.8, 4) is 0 Å². The van der Waals surface area contributed by atoms with Crippen molar-refractivity contribution in [2.45, 2.75) is 51.5 Å². The third kappa shape index (κ3) is 3.87. The van der Waals surface area contributed by atoms with Gasteiger partial charge in [-0.05, 0) is 25.8 Å². The average Bonchev–Trinajstić information content (AvgIpc) is 2.41. The molecule has 1 saturated heterocycles. The van der Waals surface area contributed by atoms with E-state index in [2.05, 4.69) is 16.7 Å². The smallest absolute Gasteiger partial charge is 0.191 e. The predicted octanol–water partition coefficient (Wildman–Crippen LogP) is 1.66. The molecule has 0 spiro atoms. The molecule has 1 aliphatic heterocycles. The zero-order valence-corrected chi connectivity index (χ0v) is 11.8. The summed E-state index contributed by atoms with van der Waals surface area (Å²) in [6.45, 7) is 7.81. The minimum absolute atomic E-state index is 0.493. The molecule has 2 rings (SSSR count). The molecule has 2 N–H and O–H groups in total. The van der Waals surface area contributed by atoms with Crippen molar-refractivity contribution in [2.24, 2.45) is 10.7 Å². The summed E-state index contributed by atoms with van der Waals surface area (Å²) >= 11 is 0. The maximum Gasteiger partial charge on any atom is 0.191 e. The summed E-state index contributed by atoms with van der Waals surface area (Å²) < 4.78 is 0. The Morgan fingerprint density at radius 1 is 1.11 bits per heavy atom. The number of hydrogen-bond acceptors (Lipinski definition) is 2. The molecule has 18 heavy (non-hydrogen) atoms. The van der Waals surface area contributed by atoms with E-state index in [0.29, 0.717) is 6.04 Å². The van der Waals surface area contributed by atoms with Gasteiger partial charge >= 0.3 is 0 Å². The summed E-state index contributed by atoms with van der Waals surface area (Å²) in [5.41, 5.74) is 6.16. The van der Waals surface area contributed by atoms with Crippen LogP contribution in [-0.2, 0) is 0 Å². The highest BCUT2D eigenvalue weighted by Gasteiger charge is 2.19. The highest BCUT2D eigenvalue weighted by molar-refractivity contribution is 5.78. The molecule has 4 heteroatoms. The summed E-state index contributed by atoms with van der Waals surface area (Å²) in [7, 11) is 0. The summed E-state index contributed by atoms with van der Waals surface area (Å²) in [4.78, 5) is 9.52. The van der Waals surface area contributed by atoms with E-state index in [-0.39, 0.29) is 0 Å². The standard InChI is InChI=1S/C14H28N4/c1-2-8-17-9-11-18(12-10-17)14(15)16-13-6-4-3-5-7-13/h13H,2-12H2,1H3,(H2,15,16). The summed E-state index contributed by atoms with van der Waals surface area (Å²) in [6, 6.07) is 0.493. The Morgan fingerprint density at radius 2 is 1.78 bits per heavy atom. The number of rotatable bonds is 3. The SMILES string of the molecule is CCCN1CCN(C(N)=NC2CCCCC2)CC1. The molecule has 104 valence electrons. The van der Waals surface area contributed by atoms with Crippen molar-refractivity contribution in [3.63, 3.8) is 0 Å². The Balaban J connectivity index is 1.79. The van der Waals surface area contributed by atoms with Gasteiger partial charge in [0.25, 0.3) is 0 Å². The van der Waals surface area contributed by atoms with Crippen molar-refractivity contribution < 1.29 is 0 Å². The van der Waals surface area contributed by atoms with Crippen LogP contribution in [0.2, 0.25) is 0 Å². The fourth-order valence-electron chi connectivity index (χ4n) is 3.00.